The van der Waals surface area contributed by atoms with Crippen molar-refractivity contribution in [2.75, 3.05) is 63.4 Å². The normalized spacial score (nSPS) is 20.9. The van der Waals surface area contributed by atoms with Gasteiger partial charge in [-0.1, -0.05) is 0 Å². The number of nitrogens with zero attached hydrogens (tertiary/aromatic N) is 4. The summed E-state index contributed by atoms with van der Waals surface area (Å²) in [6.45, 7) is 5.79. The van der Waals surface area contributed by atoms with Crippen LogP contribution in [0.5, 0.6) is 0 Å². The van der Waals surface area contributed by atoms with Crippen LogP contribution in [-0.4, -0.2) is 108 Å². The van der Waals surface area contributed by atoms with E-state index in [0.29, 0.717) is 51.6 Å². The highest BCUT2D eigenvalue weighted by atomic mass is 79.9. The maximum atomic E-state index is 13.9. The van der Waals surface area contributed by atoms with Crippen LogP contribution < -0.4 is 16.4 Å². The summed E-state index contributed by atoms with van der Waals surface area (Å²) in [5.74, 6) is -0.426. The minimum Gasteiger partial charge on any atom is -0.436 e. The van der Waals surface area contributed by atoms with Gasteiger partial charge in [0.2, 0.25) is 0 Å². The van der Waals surface area contributed by atoms with Crippen molar-refractivity contribution in [2.45, 2.75) is 63.0 Å². The van der Waals surface area contributed by atoms with Gasteiger partial charge in [-0.15, -0.1) is 11.3 Å². The van der Waals surface area contributed by atoms with Crippen molar-refractivity contribution in [3.05, 3.63) is 44.7 Å². The molecule has 3 saturated heterocycles. The number of piperidine rings is 2. The molecule has 4 aliphatic heterocycles. The van der Waals surface area contributed by atoms with E-state index in [9.17, 15) is 27.6 Å². The zero-order valence-electron chi connectivity index (χ0n) is 25.9. The number of rotatable bonds is 6. The number of anilines is 2. The second-order valence-electron chi connectivity index (χ2n) is 12.5. The predicted molar refractivity (Wildman–Crippen MR) is 175 cm³/mol. The van der Waals surface area contributed by atoms with Crippen molar-refractivity contribution in [2.24, 2.45) is 0 Å². The molecule has 0 spiro atoms. The lowest BCUT2D eigenvalue weighted by Gasteiger charge is -2.41. The van der Waals surface area contributed by atoms with Gasteiger partial charge in [-0.2, -0.15) is 13.2 Å². The number of nitrogen functional groups attached to an aromatic ring is 1. The Morgan fingerprint density at radius 3 is 2.36 bits per heavy atom. The molecule has 47 heavy (non-hydrogen) atoms. The predicted octanol–water partition coefficient (Wildman–Crippen LogP) is 4.57. The average Bonchev–Trinajstić information content (AvgIpc) is 3.52. The van der Waals surface area contributed by atoms with Crippen LogP contribution in [0.1, 0.15) is 42.4 Å². The molecular weight excluding hydrogens is 703 g/mol. The highest BCUT2D eigenvalue weighted by molar-refractivity contribution is 9.10. The Balaban J connectivity index is 1.13. The fourth-order valence-corrected chi connectivity index (χ4v) is 8.27. The summed E-state index contributed by atoms with van der Waals surface area (Å²) in [4.78, 5) is 47.5. The molecule has 3 fully saturated rings. The Labute approximate surface area is 283 Å². The van der Waals surface area contributed by atoms with Gasteiger partial charge >= 0.3 is 18.3 Å². The first kappa shape index (κ1) is 33.8. The van der Waals surface area contributed by atoms with Crippen LogP contribution in [0.25, 0.3) is 0 Å². The molecule has 0 saturated carbocycles. The first-order valence-corrected chi connectivity index (χ1v) is 17.6. The summed E-state index contributed by atoms with van der Waals surface area (Å²) >= 11 is 4.61. The van der Waals surface area contributed by atoms with E-state index < -0.39 is 35.5 Å². The first-order chi connectivity index (χ1) is 22.5. The monoisotopic (exact) mass is 741 g/mol. The van der Waals surface area contributed by atoms with Gasteiger partial charge in [-0.25, -0.2) is 9.59 Å². The Morgan fingerprint density at radius 1 is 1.02 bits per heavy atom. The third-order valence-corrected chi connectivity index (χ3v) is 11.1. The molecule has 1 aromatic carbocycles. The van der Waals surface area contributed by atoms with Crippen LogP contribution in [0.3, 0.4) is 0 Å². The third-order valence-electron chi connectivity index (χ3n) is 9.61. The summed E-state index contributed by atoms with van der Waals surface area (Å²) in [7, 11) is 0. The number of ether oxygens (including phenoxy) is 1. The van der Waals surface area contributed by atoms with Crippen LogP contribution in [0, 0.1) is 0 Å². The zero-order chi connectivity index (χ0) is 33.3. The molecule has 0 unspecified atom stereocenters. The molecular formula is C31H39BrF3N7O4S. The van der Waals surface area contributed by atoms with Crippen LogP contribution in [0.15, 0.2) is 28.1 Å². The van der Waals surface area contributed by atoms with Crippen molar-refractivity contribution in [3.63, 3.8) is 0 Å². The van der Waals surface area contributed by atoms with E-state index >= 15 is 0 Å². The van der Waals surface area contributed by atoms with E-state index in [4.69, 9.17) is 10.5 Å². The van der Waals surface area contributed by atoms with E-state index in [-0.39, 0.29) is 28.5 Å². The third kappa shape index (κ3) is 7.65. The summed E-state index contributed by atoms with van der Waals surface area (Å²) < 4.78 is 47.2. The summed E-state index contributed by atoms with van der Waals surface area (Å²) in [5.41, 5.74) is 5.48. The van der Waals surface area contributed by atoms with E-state index in [2.05, 4.69) is 31.5 Å². The molecule has 11 nitrogen and oxygen atoms in total. The molecule has 256 valence electrons. The lowest BCUT2D eigenvalue weighted by atomic mass is 9.99. The molecule has 0 radical (unpaired) electrons. The number of amides is 4. The lowest BCUT2D eigenvalue weighted by Crippen LogP contribution is -2.54. The Hall–Kier alpha value is -3.08. The lowest BCUT2D eigenvalue weighted by molar-refractivity contribution is -0.142. The number of carbonyl (C=O) groups is 3. The summed E-state index contributed by atoms with van der Waals surface area (Å²) in [6, 6.07) is 4.44. The van der Waals surface area contributed by atoms with Gasteiger partial charge in [0.05, 0.1) is 17.8 Å². The molecule has 4 N–H and O–H groups in total. The topological polar surface area (TPSA) is 123 Å². The quantitative estimate of drug-likeness (QED) is 0.371. The molecule has 2 aromatic rings. The van der Waals surface area contributed by atoms with Crippen molar-refractivity contribution in [1.82, 2.24) is 24.9 Å². The average molecular weight is 743 g/mol. The standard InChI is InChI=1S/C31H39BrF3N7O4S/c32-24-16-19(15-23(26(24)36)31(33,34)35)17-25(28(43)40-8-1-21(2-9-40)39-12-6-37-7-13-39)46-30(45)41-10-3-22(4-11-41)42-18-20-5-14-47-27(20)38-29(42)44/h5,14-16,21-22,25,37H,1-4,6-13,17-18,36H2,(H,38,44)/t25-/m1/s1. The highest BCUT2D eigenvalue weighted by Gasteiger charge is 2.38. The van der Waals surface area contributed by atoms with Crippen LogP contribution in [0.4, 0.5) is 33.4 Å². The van der Waals surface area contributed by atoms with Crippen molar-refractivity contribution in [3.8, 4) is 0 Å². The van der Waals surface area contributed by atoms with Gasteiger partial charge in [0.1, 0.15) is 5.00 Å². The molecule has 0 bridgehead atoms. The number of benzene rings is 1. The van der Waals surface area contributed by atoms with Gasteiger partial charge < -0.3 is 30.5 Å². The number of nitrogens with two attached hydrogens (primary N) is 1. The molecule has 4 amide bonds. The molecule has 1 aromatic heterocycles. The molecule has 1 atom stereocenters. The zero-order valence-corrected chi connectivity index (χ0v) is 28.3. The molecule has 5 heterocycles. The number of likely N-dealkylation sites (tertiary alicyclic amines) is 2. The number of fused-ring (bicyclic) bond motifs is 1. The first-order valence-electron chi connectivity index (χ1n) is 16.0. The number of urea groups is 1. The minimum absolute atomic E-state index is 0.0510. The van der Waals surface area contributed by atoms with E-state index in [1.54, 1.807) is 9.80 Å². The number of carbonyl (C=O) groups excluding carboxylic acids is 3. The van der Waals surface area contributed by atoms with Crippen LogP contribution in [0.2, 0.25) is 0 Å². The molecule has 0 aliphatic carbocycles. The number of alkyl halides is 3. The molecule has 16 heteroatoms. The fourth-order valence-electron chi connectivity index (χ4n) is 6.97. The Bertz CT molecular complexity index is 1470. The number of hydrogen-bond acceptors (Lipinski definition) is 8. The second-order valence-corrected chi connectivity index (χ2v) is 14.3. The largest absolute Gasteiger partial charge is 0.436 e. The Kier molecular flexibility index (Phi) is 10.2. The highest BCUT2D eigenvalue weighted by Crippen LogP contribution is 2.38. The SMILES string of the molecule is Nc1c(Br)cc(C[C@@H](OC(=O)N2CCC(N3Cc4ccsc4NC3=O)CC2)C(=O)N2CCC(N3CCNCC3)CC2)cc1C(F)(F)F. The van der Waals surface area contributed by atoms with Gasteiger partial charge in [0, 0.05) is 80.9 Å². The Morgan fingerprint density at radius 2 is 1.68 bits per heavy atom. The maximum absolute atomic E-state index is 13.9. The second kappa shape index (κ2) is 14.2. The van der Waals surface area contributed by atoms with E-state index in [1.807, 2.05) is 11.4 Å². The van der Waals surface area contributed by atoms with Crippen molar-refractivity contribution >= 4 is 56.0 Å². The van der Waals surface area contributed by atoms with Crippen molar-refractivity contribution < 1.29 is 32.3 Å². The number of thiophene rings is 1. The fraction of sp³-hybridized carbons (Fsp3) is 0.581. The van der Waals surface area contributed by atoms with Crippen LogP contribution >= 0.6 is 27.3 Å². The van der Waals surface area contributed by atoms with Gasteiger partial charge in [0.15, 0.2) is 6.10 Å². The number of piperazine rings is 1. The molecule has 4 aliphatic rings. The summed E-state index contributed by atoms with van der Waals surface area (Å²) in [6.07, 6.45) is -4.38. The maximum Gasteiger partial charge on any atom is 0.418 e. The van der Waals surface area contributed by atoms with Crippen LogP contribution in [-0.2, 0) is 28.7 Å². The number of hydrogen-bond donors (Lipinski definition) is 3. The van der Waals surface area contributed by atoms with Gasteiger partial charge in [-0.3, -0.25) is 15.0 Å². The van der Waals surface area contributed by atoms with Gasteiger partial charge in [0.25, 0.3) is 5.91 Å². The minimum atomic E-state index is -4.70. The molecule has 6 rings (SSSR count). The van der Waals surface area contributed by atoms with E-state index in [0.717, 1.165) is 55.7 Å². The summed E-state index contributed by atoms with van der Waals surface area (Å²) in [5, 5.41) is 9.07. The number of nitrogens with one attached hydrogen (secondary N) is 2. The van der Waals surface area contributed by atoms with E-state index in [1.165, 1.54) is 22.3 Å². The number of halogens is 4. The van der Waals surface area contributed by atoms with Gasteiger partial charge in [-0.05, 0) is 70.8 Å². The smallest absolute Gasteiger partial charge is 0.418 e. The van der Waals surface area contributed by atoms with Crippen molar-refractivity contribution in [1.29, 1.82) is 0 Å².